The zero-order chi connectivity index (χ0) is 13.1. The predicted octanol–water partition coefficient (Wildman–Crippen LogP) is 2.52. The minimum absolute atomic E-state index is 0.127. The summed E-state index contributed by atoms with van der Waals surface area (Å²) in [6, 6.07) is 4.65. The van der Waals surface area contributed by atoms with Crippen LogP contribution in [0.5, 0.6) is 0 Å². The van der Waals surface area contributed by atoms with E-state index in [-0.39, 0.29) is 11.6 Å². The first-order valence-corrected chi connectivity index (χ1v) is 5.55. The first kappa shape index (κ1) is 13.9. The Kier molecular flexibility index (Phi) is 4.41. The van der Waals surface area contributed by atoms with Gasteiger partial charge in [-0.05, 0) is 19.1 Å². The van der Waals surface area contributed by atoms with Gasteiger partial charge in [0.1, 0.15) is 5.54 Å². The van der Waals surface area contributed by atoms with Gasteiger partial charge in [-0.2, -0.15) is 0 Å². The molecule has 3 nitrogen and oxygen atoms in total. The van der Waals surface area contributed by atoms with Gasteiger partial charge in [0.2, 0.25) is 0 Å². The molecule has 0 bridgehead atoms. The number of terminal acetylenes is 1. The zero-order valence-corrected chi connectivity index (χ0v) is 10.6. The Morgan fingerprint density at radius 3 is 2.71 bits per heavy atom. The second-order valence-electron chi connectivity index (χ2n) is 3.61. The highest BCUT2D eigenvalue weighted by Crippen LogP contribution is 2.30. The molecule has 90 valence electrons. The van der Waals surface area contributed by atoms with E-state index in [0.29, 0.717) is 10.6 Å². The molecular formula is C12H11Cl2NO2. The molecule has 1 unspecified atom stereocenters. The minimum Gasteiger partial charge on any atom is -0.480 e. The summed E-state index contributed by atoms with van der Waals surface area (Å²) in [5, 5.41) is 12.8. The summed E-state index contributed by atoms with van der Waals surface area (Å²) in [7, 11) is 0. The summed E-state index contributed by atoms with van der Waals surface area (Å²) in [6.07, 6.45) is 5.12. The number of benzene rings is 1. The number of rotatable bonds is 4. The Morgan fingerprint density at radius 1 is 1.59 bits per heavy atom. The maximum absolute atomic E-state index is 11.3. The number of carboxylic acid groups (broad SMARTS) is 1. The van der Waals surface area contributed by atoms with Gasteiger partial charge < -0.3 is 5.11 Å². The van der Waals surface area contributed by atoms with E-state index in [4.69, 9.17) is 29.6 Å². The van der Waals surface area contributed by atoms with Crippen molar-refractivity contribution in [3.63, 3.8) is 0 Å². The lowest BCUT2D eigenvalue weighted by Gasteiger charge is -2.27. The van der Waals surface area contributed by atoms with Gasteiger partial charge in [0.15, 0.2) is 0 Å². The van der Waals surface area contributed by atoms with Crippen molar-refractivity contribution in [3.05, 3.63) is 33.8 Å². The molecule has 0 radical (unpaired) electrons. The lowest BCUT2D eigenvalue weighted by Crippen LogP contribution is -2.47. The van der Waals surface area contributed by atoms with Crippen LogP contribution in [0.15, 0.2) is 18.2 Å². The van der Waals surface area contributed by atoms with Crippen molar-refractivity contribution >= 4 is 29.2 Å². The highest BCUT2D eigenvalue weighted by Gasteiger charge is 2.36. The van der Waals surface area contributed by atoms with Crippen LogP contribution >= 0.6 is 23.2 Å². The van der Waals surface area contributed by atoms with Crippen molar-refractivity contribution in [2.75, 3.05) is 6.54 Å². The zero-order valence-electron chi connectivity index (χ0n) is 9.13. The van der Waals surface area contributed by atoms with Crippen LogP contribution in [0.3, 0.4) is 0 Å². The average Bonchev–Trinajstić information content (AvgIpc) is 2.25. The number of hydrogen-bond acceptors (Lipinski definition) is 2. The van der Waals surface area contributed by atoms with Gasteiger partial charge in [0.05, 0.1) is 6.54 Å². The third-order valence-electron chi connectivity index (χ3n) is 2.44. The Hall–Kier alpha value is -1.21. The molecule has 0 aliphatic carbocycles. The molecule has 1 rings (SSSR count). The number of halogens is 2. The topological polar surface area (TPSA) is 49.3 Å². The van der Waals surface area contributed by atoms with Crippen LogP contribution in [-0.4, -0.2) is 17.6 Å². The first-order valence-electron chi connectivity index (χ1n) is 4.79. The Labute approximate surface area is 110 Å². The van der Waals surface area contributed by atoms with Crippen LogP contribution in [0, 0.1) is 12.3 Å². The van der Waals surface area contributed by atoms with Crippen molar-refractivity contribution in [1.82, 2.24) is 5.32 Å². The Bertz CT molecular complexity index is 482. The van der Waals surface area contributed by atoms with E-state index in [1.807, 2.05) is 0 Å². The summed E-state index contributed by atoms with van der Waals surface area (Å²) >= 11 is 11.8. The standard InChI is InChI=1S/C12H11Cl2NO2/c1-3-6-15-12(2,11(16)17)9-5-4-8(13)7-10(9)14/h1,4-5,7,15H,6H2,2H3,(H,16,17). The van der Waals surface area contributed by atoms with Crippen LogP contribution in [0.1, 0.15) is 12.5 Å². The molecule has 1 aromatic carbocycles. The number of aliphatic carboxylic acids is 1. The number of carboxylic acids is 1. The fraction of sp³-hybridized carbons (Fsp3) is 0.250. The fourth-order valence-electron chi connectivity index (χ4n) is 1.41. The van der Waals surface area contributed by atoms with Crippen LogP contribution in [0.25, 0.3) is 0 Å². The minimum atomic E-state index is -1.34. The van der Waals surface area contributed by atoms with Crippen LogP contribution in [0.2, 0.25) is 10.0 Å². The molecule has 5 heteroatoms. The molecule has 1 aromatic rings. The lowest BCUT2D eigenvalue weighted by molar-refractivity contribution is -0.144. The van der Waals surface area contributed by atoms with Crippen LogP contribution in [-0.2, 0) is 10.3 Å². The van der Waals surface area contributed by atoms with Gasteiger partial charge in [-0.25, -0.2) is 4.79 Å². The summed E-state index contributed by atoms with van der Waals surface area (Å²) in [6.45, 7) is 1.63. The van der Waals surface area contributed by atoms with Crippen molar-refractivity contribution < 1.29 is 9.90 Å². The predicted molar refractivity (Wildman–Crippen MR) is 68.3 cm³/mol. The summed E-state index contributed by atoms with van der Waals surface area (Å²) in [4.78, 5) is 11.3. The van der Waals surface area contributed by atoms with Crippen molar-refractivity contribution in [3.8, 4) is 12.3 Å². The van der Waals surface area contributed by atoms with Gasteiger partial charge >= 0.3 is 5.97 Å². The molecule has 17 heavy (non-hydrogen) atoms. The highest BCUT2D eigenvalue weighted by atomic mass is 35.5. The summed E-state index contributed by atoms with van der Waals surface area (Å²) in [5.41, 5.74) is -0.917. The molecule has 0 saturated heterocycles. The highest BCUT2D eigenvalue weighted by molar-refractivity contribution is 6.35. The molecular weight excluding hydrogens is 261 g/mol. The fourth-order valence-corrected chi connectivity index (χ4v) is 2.01. The van der Waals surface area contributed by atoms with Crippen molar-refractivity contribution in [2.45, 2.75) is 12.5 Å². The third kappa shape index (κ3) is 2.92. The van der Waals surface area contributed by atoms with Gasteiger partial charge in [-0.3, -0.25) is 5.32 Å². The Balaban J connectivity index is 3.23. The van der Waals surface area contributed by atoms with E-state index in [0.717, 1.165) is 0 Å². The molecule has 0 amide bonds. The van der Waals surface area contributed by atoms with Crippen LogP contribution < -0.4 is 5.32 Å². The molecule has 0 saturated carbocycles. The van der Waals surface area contributed by atoms with Crippen LogP contribution in [0.4, 0.5) is 0 Å². The SMILES string of the molecule is C#CCNC(C)(C(=O)O)c1ccc(Cl)cc1Cl. The first-order chi connectivity index (χ1) is 7.91. The summed E-state index contributed by atoms with van der Waals surface area (Å²) in [5.74, 6) is 1.28. The summed E-state index contributed by atoms with van der Waals surface area (Å²) < 4.78 is 0. The van der Waals surface area contributed by atoms with E-state index in [9.17, 15) is 9.90 Å². The average molecular weight is 272 g/mol. The van der Waals surface area contributed by atoms with E-state index < -0.39 is 11.5 Å². The lowest BCUT2D eigenvalue weighted by atomic mass is 9.92. The number of hydrogen-bond donors (Lipinski definition) is 2. The van der Waals surface area contributed by atoms with Gasteiger partial charge in [-0.15, -0.1) is 6.42 Å². The van der Waals surface area contributed by atoms with Crippen molar-refractivity contribution in [1.29, 1.82) is 0 Å². The van der Waals surface area contributed by atoms with E-state index in [1.165, 1.54) is 13.0 Å². The van der Waals surface area contributed by atoms with Gasteiger partial charge in [-0.1, -0.05) is 35.2 Å². The van der Waals surface area contributed by atoms with Gasteiger partial charge in [0, 0.05) is 15.6 Å². The van der Waals surface area contributed by atoms with Gasteiger partial charge in [0.25, 0.3) is 0 Å². The van der Waals surface area contributed by atoms with E-state index in [1.54, 1.807) is 12.1 Å². The van der Waals surface area contributed by atoms with Crippen molar-refractivity contribution in [2.24, 2.45) is 0 Å². The molecule has 0 heterocycles. The monoisotopic (exact) mass is 271 g/mol. The largest absolute Gasteiger partial charge is 0.480 e. The molecule has 0 aromatic heterocycles. The maximum Gasteiger partial charge on any atom is 0.328 e. The molecule has 1 atom stereocenters. The molecule has 2 N–H and O–H groups in total. The third-order valence-corrected chi connectivity index (χ3v) is 2.99. The van der Waals surface area contributed by atoms with E-state index in [2.05, 4.69) is 11.2 Å². The molecule has 0 fully saturated rings. The quantitative estimate of drug-likeness (QED) is 0.828. The van der Waals surface area contributed by atoms with E-state index >= 15 is 0 Å². The molecule has 0 aliphatic heterocycles. The smallest absolute Gasteiger partial charge is 0.328 e. The maximum atomic E-state index is 11.3. The number of nitrogens with one attached hydrogen (secondary N) is 1. The normalized spacial score (nSPS) is 13.8. The molecule has 0 aliphatic rings. The second-order valence-corrected chi connectivity index (χ2v) is 4.46. The number of carbonyl (C=O) groups is 1. The Morgan fingerprint density at radius 2 is 2.24 bits per heavy atom. The molecule has 0 spiro atoms. The second kappa shape index (κ2) is 5.42.